The quantitative estimate of drug-likeness (QED) is 0.214. The number of hydrogen-bond acceptors (Lipinski definition) is 8. The number of amides is 1. The van der Waals surface area contributed by atoms with Crippen LogP contribution in [0.15, 0.2) is 35.3 Å². The molecule has 0 bridgehead atoms. The fourth-order valence-electron chi connectivity index (χ4n) is 5.12. The van der Waals surface area contributed by atoms with Crippen molar-refractivity contribution >= 4 is 35.4 Å². The van der Waals surface area contributed by atoms with Gasteiger partial charge in [-0.15, -0.1) is 0 Å². The van der Waals surface area contributed by atoms with Crippen LogP contribution in [0.1, 0.15) is 47.8 Å². The third-order valence-electron chi connectivity index (χ3n) is 7.02. The summed E-state index contributed by atoms with van der Waals surface area (Å²) in [6.45, 7) is 1.88. The highest BCUT2D eigenvalue weighted by atomic mass is 32.2. The second-order valence-corrected chi connectivity index (χ2v) is 12.1. The van der Waals surface area contributed by atoms with Crippen molar-refractivity contribution in [2.45, 2.75) is 43.9 Å². The van der Waals surface area contributed by atoms with Crippen molar-refractivity contribution in [3.63, 3.8) is 0 Å². The number of thioether (sulfide) groups is 1. The van der Waals surface area contributed by atoms with Crippen molar-refractivity contribution in [2.75, 3.05) is 18.6 Å². The summed E-state index contributed by atoms with van der Waals surface area (Å²) in [6, 6.07) is 5.54. The maximum absolute atomic E-state index is 13.4. The Morgan fingerprint density at radius 1 is 1.24 bits per heavy atom. The van der Waals surface area contributed by atoms with Crippen molar-refractivity contribution in [1.82, 2.24) is 9.58 Å². The first-order chi connectivity index (χ1) is 17.3. The number of halogens is 1. The Labute approximate surface area is 216 Å². The molecule has 37 heavy (non-hydrogen) atoms. The first kappa shape index (κ1) is 27.1. The SMILES string of the molecule is CCN1C(=O)c2c(O)c(=O)c(C(=N)SC(=N)Cc3ccc(F)cc3)cn2N(C)C12CCC(P(=O)(O)O)C2. The number of nitrogens with zero attached hydrogens (tertiary/aromatic N) is 3. The van der Waals surface area contributed by atoms with Crippen LogP contribution in [-0.2, 0) is 11.0 Å². The van der Waals surface area contributed by atoms with E-state index in [0.29, 0.717) is 17.3 Å². The highest BCUT2D eigenvalue weighted by Gasteiger charge is 2.56. The van der Waals surface area contributed by atoms with Crippen LogP contribution >= 0.6 is 19.4 Å². The Balaban J connectivity index is 1.69. The molecule has 4 rings (SSSR count). The molecular weight excluding hydrogens is 524 g/mol. The molecule has 0 saturated heterocycles. The van der Waals surface area contributed by atoms with E-state index in [2.05, 4.69) is 0 Å². The van der Waals surface area contributed by atoms with Gasteiger partial charge in [0, 0.05) is 32.6 Å². The van der Waals surface area contributed by atoms with E-state index in [-0.39, 0.29) is 53.6 Å². The second-order valence-electron chi connectivity index (χ2n) is 9.11. The van der Waals surface area contributed by atoms with E-state index in [9.17, 15) is 33.4 Å². The molecule has 1 aromatic heterocycles. The van der Waals surface area contributed by atoms with Crippen LogP contribution in [0.4, 0.5) is 4.39 Å². The number of hydrogen-bond donors (Lipinski definition) is 5. The van der Waals surface area contributed by atoms with Crippen LogP contribution in [0.2, 0.25) is 0 Å². The molecule has 1 saturated carbocycles. The molecule has 1 spiro atoms. The van der Waals surface area contributed by atoms with Crippen LogP contribution < -0.4 is 10.4 Å². The fraction of sp³-hybridized carbons (Fsp3) is 0.391. The van der Waals surface area contributed by atoms with Gasteiger partial charge in [0.15, 0.2) is 11.4 Å². The molecule has 2 aliphatic rings. The summed E-state index contributed by atoms with van der Waals surface area (Å²) in [5, 5.41) is 28.7. The monoisotopic (exact) mass is 551 g/mol. The van der Waals surface area contributed by atoms with E-state index in [1.807, 2.05) is 0 Å². The first-order valence-corrected chi connectivity index (χ1v) is 14.0. The second kappa shape index (κ2) is 9.71. The summed E-state index contributed by atoms with van der Waals surface area (Å²) in [4.78, 5) is 47.4. The molecule has 2 atom stereocenters. The summed E-state index contributed by atoms with van der Waals surface area (Å²) in [7, 11) is -2.82. The molecule has 2 heterocycles. The number of carbonyl (C=O) groups is 1. The van der Waals surface area contributed by atoms with Crippen LogP contribution in [0.25, 0.3) is 0 Å². The molecule has 1 fully saturated rings. The van der Waals surface area contributed by atoms with Crippen molar-refractivity contribution in [1.29, 1.82) is 10.8 Å². The molecule has 2 unspecified atom stereocenters. The lowest BCUT2D eigenvalue weighted by Gasteiger charge is -2.52. The predicted molar refractivity (Wildman–Crippen MR) is 138 cm³/mol. The lowest BCUT2D eigenvalue weighted by atomic mass is 10.0. The lowest BCUT2D eigenvalue weighted by Crippen LogP contribution is -2.68. The molecule has 198 valence electrons. The number of benzene rings is 1. The molecule has 14 heteroatoms. The third kappa shape index (κ3) is 4.72. The van der Waals surface area contributed by atoms with Crippen LogP contribution in [0, 0.1) is 16.6 Å². The standard InChI is InChI=1S/C23H27FN5O6PS/c1-3-28-22(32)18-20(31)19(30)16(21(26)37-17(25)10-13-4-6-14(24)7-5-13)12-29(18)27(2)23(28)9-8-15(11-23)36(33,34)35/h4-7,12,15,25-26,31H,3,8-11H2,1-2H3,(H2,33,34,35). The van der Waals surface area contributed by atoms with Crippen LogP contribution in [-0.4, -0.2) is 65.4 Å². The van der Waals surface area contributed by atoms with Crippen molar-refractivity contribution in [3.8, 4) is 5.75 Å². The van der Waals surface area contributed by atoms with E-state index in [1.54, 1.807) is 19.0 Å². The fourth-order valence-corrected chi connectivity index (χ4v) is 6.86. The van der Waals surface area contributed by atoms with Crippen molar-refractivity contribution < 1.29 is 28.6 Å². The van der Waals surface area contributed by atoms with Gasteiger partial charge >= 0.3 is 7.60 Å². The topological polar surface area (TPSA) is 171 Å². The van der Waals surface area contributed by atoms with E-state index in [4.69, 9.17) is 10.8 Å². The maximum Gasteiger partial charge on any atom is 0.328 e. The molecule has 1 amide bonds. The Hall–Kier alpha value is -2.99. The third-order valence-corrected chi connectivity index (χ3v) is 9.23. The van der Waals surface area contributed by atoms with Gasteiger partial charge < -0.3 is 19.8 Å². The minimum Gasteiger partial charge on any atom is -0.502 e. The smallest absolute Gasteiger partial charge is 0.328 e. The van der Waals surface area contributed by atoms with Crippen molar-refractivity contribution in [3.05, 3.63) is 63.3 Å². The molecule has 2 aromatic rings. The predicted octanol–water partition coefficient (Wildman–Crippen LogP) is 2.44. The van der Waals surface area contributed by atoms with E-state index in [0.717, 1.165) is 0 Å². The summed E-state index contributed by atoms with van der Waals surface area (Å²) in [5.74, 6) is -1.92. The lowest BCUT2D eigenvalue weighted by molar-refractivity contribution is 0.0320. The Bertz CT molecular complexity index is 1390. The van der Waals surface area contributed by atoms with Crippen molar-refractivity contribution in [2.24, 2.45) is 0 Å². The van der Waals surface area contributed by atoms with Gasteiger partial charge in [-0.1, -0.05) is 23.9 Å². The van der Waals surface area contributed by atoms with Gasteiger partial charge in [0.05, 0.1) is 16.3 Å². The average molecular weight is 552 g/mol. The zero-order valence-corrected chi connectivity index (χ0v) is 21.9. The van der Waals surface area contributed by atoms with Crippen LogP contribution in [0.5, 0.6) is 5.75 Å². The molecule has 1 aliphatic heterocycles. The Kier molecular flexibility index (Phi) is 7.10. The molecule has 5 N–H and O–H groups in total. The average Bonchev–Trinajstić information content (AvgIpc) is 3.27. The van der Waals surface area contributed by atoms with Gasteiger partial charge in [0.2, 0.25) is 5.43 Å². The number of aromatic hydroxyl groups is 1. The minimum absolute atomic E-state index is 0.0104. The molecular formula is C23H27FN5O6PS. The Morgan fingerprint density at radius 2 is 1.89 bits per heavy atom. The number of aromatic nitrogens is 1. The maximum atomic E-state index is 13.4. The molecule has 0 radical (unpaired) electrons. The zero-order chi connectivity index (χ0) is 27.3. The Morgan fingerprint density at radius 3 is 2.46 bits per heavy atom. The first-order valence-electron chi connectivity index (χ1n) is 11.5. The summed E-state index contributed by atoms with van der Waals surface area (Å²) in [6.07, 6.45) is 1.77. The largest absolute Gasteiger partial charge is 0.502 e. The zero-order valence-electron chi connectivity index (χ0n) is 20.1. The number of nitrogens with one attached hydrogen (secondary N) is 2. The highest BCUT2D eigenvalue weighted by Crippen LogP contribution is 2.54. The van der Waals surface area contributed by atoms with Gasteiger partial charge in [0.25, 0.3) is 5.91 Å². The normalized spacial score (nSPS) is 21.4. The summed E-state index contributed by atoms with van der Waals surface area (Å²) in [5.41, 5.74) is -2.89. The number of pyridine rings is 1. The van der Waals surface area contributed by atoms with E-state index < -0.39 is 41.8 Å². The van der Waals surface area contributed by atoms with E-state index >= 15 is 0 Å². The minimum atomic E-state index is -4.42. The van der Waals surface area contributed by atoms with Gasteiger partial charge in [-0.3, -0.25) is 34.7 Å². The van der Waals surface area contributed by atoms with Gasteiger partial charge in [-0.05, 0) is 37.5 Å². The summed E-state index contributed by atoms with van der Waals surface area (Å²) < 4.78 is 26.4. The summed E-state index contributed by atoms with van der Waals surface area (Å²) >= 11 is 0.691. The van der Waals surface area contributed by atoms with Gasteiger partial charge in [0.1, 0.15) is 16.5 Å². The number of carbonyl (C=O) groups excluding carboxylic acids is 1. The number of fused-ring (bicyclic) bond motifs is 1. The van der Waals surface area contributed by atoms with E-state index in [1.165, 1.54) is 40.0 Å². The van der Waals surface area contributed by atoms with Crippen LogP contribution in [0.3, 0.4) is 0 Å². The molecule has 11 nitrogen and oxygen atoms in total. The number of rotatable bonds is 5. The molecule has 1 aromatic carbocycles. The van der Waals surface area contributed by atoms with Gasteiger partial charge in [-0.2, -0.15) is 0 Å². The highest BCUT2D eigenvalue weighted by molar-refractivity contribution is 8.26. The van der Waals surface area contributed by atoms with Gasteiger partial charge in [-0.25, -0.2) is 4.39 Å². The molecule has 1 aliphatic carbocycles.